The summed E-state index contributed by atoms with van der Waals surface area (Å²) < 4.78 is 13.8. The molecule has 0 bridgehead atoms. The number of thioether (sulfide) groups is 1. The van der Waals surface area contributed by atoms with E-state index < -0.39 is 22.9 Å². The average molecular weight is 484 g/mol. The zero-order valence-electron chi connectivity index (χ0n) is 14.2. The third-order valence-electron chi connectivity index (χ3n) is 3.84. The first-order valence-corrected chi connectivity index (χ1v) is 10.1. The molecule has 1 fully saturated rings. The van der Waals surface area contributed by atoms with Gasteiger partial charge in [0.2, 0.25) is 0 Å². The minimum atomic E-state index is -0.536. The summed E-state index contributed by atoms with van der Waals surface area (Å²) in [5.41, 5.74) is 0.885. The van der Waals surface area contributed by atoms with Crippen molar-refractivity contribution in [2.24, 2.45) is 0 Å². The van der Waals surface area contributed by atoms with Crippen molar-refractivity contribution in [3.05, 3.63) is 73.8 Å². The van der Waals surface area contributed by atoms with Crippen molar-refractivity contribution in [2.75, 3.05) is 13.1 Å². The summed E-state index contributed by atoms with van der Waals surface area (Å²) >= 11 is 9.86. The van der Waals surface area contributed by atoms with Gasteiger partial charge in [0.1, 0.15) is 5.82 Å². The third kappa shape index (κ3) is 4.81. The second kappa shape index (κ2) is 8.89. The number of carbonyl (C=O) groups excluding carboxylic acids is 3. The maximum atomic E-state index is 13.3. The van der Waals surface area contributed by atoms with E-state index >= 15 is 0 Å². The first kappa shape index (κ1) is 20.6. The predicted octanol–water partition coefficient (Wildman–Crippen LogP) is 4.71. The molecule has 1 aliphatic heterocycles. The molecule has 0 spiro atoms. The van der Waals surface area contributed by atoms with Crippen LogP contribution in [0.1, 0.15) is 15.9 Å². The van der Waals surface area contributed by atoms with Crippen molar-refractivity contribution >= 4 is 62.4 Å². The van der Waals surface area contributed by atoms with Gasteiger partial charge in [-0.15, -0.1) is 0 Å². The molecule has 9 heteroatoms. The molecule has 5 nitrogen and oxygen atoms in total. The summed E-state index contributed by atoms with van der Waals surface area (Å²) in [6.07, 6.45) is 1.61. The lowest BCUT2D eigenvalue weighted by Gasteiger charge is -2.13. The number of halogens is 3. The minimum absolute atomic E-state index is 0.0152. The van der Waals surface area contributed by atoms with Crippen LogP contribution in [0.15, 0.2) is 51.8 Å². The number of nitrogens with one attached hydrogen (secondary N) is 1. The van der Waals surface area contributed by atoms with E-state index in [1.54, 1.807) is 30.3 Å². The van der Waals surface area contributed by atoms with Crippen LogP contribution < -0.4 is 5.32 Å². The van der Waals surface area contributed by atoms with Gasteiger partial charge in [-0.3, -0.25) is 19.3 Å². The molecule has 144 valence electrons. The molecular weight excluding hydrogens is 471 g/mol. The SMILES string of the molecule is O=C(NCCN1C(=O)S/C(=C\c2ccc(Cl)cc2)C1=O)c1cc(F)ccc1Br. The van der Waals surface area contributed by atoms with E-state index in [-0.39, 0.29) is 18.7 Å². The van der Waals surface area contributed by atoms with Crippen LogP contribution in [0.2, 0.25) is 5.02 Å². The lowest BCUT2D eigenvalue weighted by atomic mass is 10.2. The molecule has 1 aliphatic rings. The van der Waals surface area contributed by atoms with Crippen LogP contribution in [0.5, 0.6) is 0 Å². The lowest BCUT2D eigenvalue weighted by Crippen LogP contribution is -2.37. The number of amides is 3. The lowest BCUT2D eigenvalue weighted by molar-refractivity contribution is -0.122. The number of nitrogens with zero attached hydrogens (tertiary/aromatic N) is 1. The molecule has 2 aromatic carbocycles. The predicted molar refractivity (Wildman–Crippen MR) is 111 cm³/mol. The second-order valence-electron chi connectivity index (χ2n) is 5.76. The normalized spacial score (nSPS) is 15.4. The van der Waals surface area contributed by atoms with Crippen molar-refractivity contribution in [3.63, 3.8) is 0 Å². The maximum absolute atomic E-state index is 13.3. The fourth-order valence-electron chi connectivity index (χ4n) is 2.45. The van der Waals surface area contributed by atoms with Crippen molar-refractivity contribution in [1.82, 2.24) is 10.2 Å². The molecule has 0 unspecified atom stereocenters. The van der Waals surface area contributed by atoms with Crippen LogP contribution in [0.3, 0.4) is 0 Å². The van der Waals surface area contributed by atoms with Gasteiger partial charge in [-0.2, -0.15) is 0 Å². The molecule has 0 atom stereocenters. The van der Waals surface area contributed by atoms with E-state index in [9.17, 15) is 18.8 Å². The highest BCUT2D eigenvalue weighted by Gasteiger charge is 2.34. The van der Waals surface area contributed by atoms with Gasteiger partial charge in [0.15, 0.2) is 0 Å². The maximum Gasteiger partial charge on any atom is 0.293 e. The molecule has 28 heavy (non-hydrogen) atoms. The first-order valence-electron chi connectivity index (χ1n) is 8.09. The smallest absolute Gasteiger partial charge is 0.293 e. The Morgan fingerprint density at radius 1 is 1.21 bits per heavy atom. The number of imide groups is 1. The van der Waals surface area contributed by atoms with Crippen LogP contribution in [0.4, 0.5) is 9.18 Å². The number of carbonyl (C=O) groups is 3. The van der Waals surface area contributed by atoms with E-state index in [4.69, 9.17) is 11.6 Å². The summed E-state index contributed by atoms with van der Waals surface area (Å²) in [7, 11) is 0. The van der Waals surface area contributed by atoms with Crippen LogP contribution in [0.25, 0.3) is 6.08 Å². The molecule has 0 aliphatic carbocycles. The summed E-state index contributed by atoms with van der Waals surface area (Å²) in [6, 6.07) is 10.6. The zero-order chi connectivity index (χ0) is 20.3. The van der Waals surface area contributed by atoms with Crippen molar-refractivity contribution in [2.45, 2.75) is 0 Å². The highest BCUT2D eigenvalue weighted by atomic mass is 79.9. The summed E-state index contributed by atoms with van der Waals surface area (Å²) in [4.78, 5) is 38.1. The highest BCUT2D eigenvalue weighted by Crippen LogP contribution is 2.32. The van der Waals surface area contributed by atoms with Crippen molar-refractivity contribution in [3.8, 4) is 0 Å². The Bertz CT molecular complexity index is 982. The highest BCUT2D eigenvalue weighted by molar-refractivity contribution is 9.10. The fourth-order valence-corrected chi connectivity index (χ4v) is 3.87. The van der Waals surface area contributed by atoms with Crippen LogP contribution in [-0.2, 0) is 4.79 Å². The molecule has 0 radical (unpaired) electrons. The van der Waals surface area contributed by atoms with Gasteiger partial charge in [0.05, 0.1) is 10.5 Å². The van der Waals surface area contributed by atoms with Gasteiger partial charge >= 0.3 is 0 Å². The topological polar surface area (TPSA) is 66.5 Å². The van der Waals surface area contributed by atoms with Crippen LogP contribution in [0, 0.1) is 5.82 Å². The number of hydrogen-bond acceptors (Lipinski definition) is 4. The van der Waals surface area contributed by atoms with Gasteiger partial charge in [-0.25, -0.2) is 4.39 Å². The molecule has 1 heterocycles. The number of hydrogen-bond donors (Lipinski definition) is 1. The molecule has 2 aromatic rings. The Morgan fingerprint density at radius 2 is 1.93 bits per heavy atom. The van der Waals surface area contributed by atoms with Gasteiger partial charge in [-0.1, -0.05) is 23.7 Å². The minimum Gasteiger partial charge on any atom is -0.350 e. The molecule has 0 saturated carbocycles. The molecule has 3 amide bonds. The van der Waals surface area contributed by atoms with Crippen LogP contribution in [-0.4, -0.2) is 35.0 Å². The molecule has 1 N–H and O–H groups in total. The number of rotatable bonds is 5. The van der Waals surface area contributed by atoms with E-state index in [0.717, 1.165) is 28.3 Å². The molecule has 1 saturated heterocycles. The van der Waals surface area contributed by atoms with E-state index in [0.29, 0.717) is 14.4 Å². The Morgan fingerprint density at radius 3 is 2.64 bits per heavy atom. The van der Waals surface area contributed by atoms with E-state index in [1.807, 2.05) is 0 Å². The summed E-state index contributed by atoms with van der Waals surface area (Å²) in [5, 5.41) is 2.74. The van der Waals surface area contributed by atoms with Gasteiger partial charge in [0.25, 0.3) is 17.1 Å². The first-order chi connectivity index (χ1) is 13.3. The third-order valence-corrected chi connectivity index (χ3v) is 5.69. The zero-order valence-corrected chi connectivity index (χ0v) is 17.4. The molecule has 3 rings (SSSR count). The Hall–Kier alpha value is -2.16. The molecular formula is C19H13BrClFN2O3S. The van der Waals surface area contributed by atoms with Crippen molar-refractivity contribution in [1.29, 1.82) is 0 Å². The Kier molecular flexibility index (Phi) is 6.53. The van der Waals surface area contributed by atoms with Crippen molar-refractivity contribution < 1.29 is 18.8 Å². The largest absolute Gasteiger partial charge is 0.350 e. The van der Waals surface area contributed by atoms with Gasteiger partial charge < -0.3 is 5.32 Å². The van der Waals surface area contributed by atoms with E-state index in [1.165, 1.54) is 12.1 Å². The summed E-state index contributed by atoms with van der Waals surface area (Å²) in [5.74, 6) is -1.46. The quantitative estimate of drug-likeness (QED) is 0.626. The second-order valence-corrected chi connectivity index (χ2v) is 8.05. The summed E-state index contributed by atoms with van der Waals surface area (Å²) in [6.45, 7) is 0.0648. The van der Waals surface area contributed by atoms with Crippen LogP contribution >= 0.6 is 39.3 Å². The van der Waals surface area contributed by atoms with Gasteiger partial charge in [-0.05, 0) is 69.7 Å². The molecule has 0 aromatic heterocycles. The number of benzene rings is 2. The standard InChI is InChI=1S/C19H13BrClFN2O3S/c20-15-6-5-13(22)10-14(15)17(25)23-7-8-24-18(26)16(28-19(24)27)9-11-1-3-12(21)4-2-11/h1-6,9-10H,7-8H2,(H,23,25)/b16-9-. The fraction of sp³-hybridized carbons (Fsp3) is 0.105. The average Bonchev–Trinajstić information content (AvgIpc) is 2.92. The van der Waals surface area contributed by atoms with Gasteiger partial charge in [0, 0.05) is 22.6 Å². The Labute approximate surface area is 178 Å². The van der Waals surface area contributed by atoms with E-state index in [2.05, 4.69) is 21.2 Å². The monoisotopic (exact) mass is 482 g/mol. The Balaban J connectivity index is 1.61.